The normalized spacial score (nSPS) is 16.1. The van der Waals surface area contributed by atoms with Crippen molar-refractivity contribution in [3.63, 3.8) is 0 Å². The molecule has 1 aliphatic rings. The maximum atomic E-state index is 5.54. The minimum Gasteiger partial charge on any atom is -0.492 e. The van der Waals surface area contributed by atoms with Crippen LogP contribution < -0.4 is 10.1 Å². The number of ether oxygens (including phenoxy) is 1. The first-order valence-electron chi connectivity index (χ1n) is 4.29. The molecule has 1 aromatic rings. The lowest BCUT2D eigenvalue weighted by molar-refractivity contribution is 0.325. The lowest BCUT2D eigenvalue weighted by Crippen LogP contribution is -2.16. The van der Waals surface area contributed by atoms with E-state index in [0.717, 1.165) is 25.4 Å². The van der Waals surface area contributed by atoms with Gasteiger partial charge >= 0.3 is 0 Å². The third kappa shape index (κ3) is 1.43. The Morgan fingerprint density at radius 2 is 2.33 bits per heavy atom. The molecule has 0 fully saturated rings. The van der Waals surface area contributed by atoms with Crippen molar-refractivity contribution in [3.8, 4) is 5.75 Å². The van der Waals surface area contributed by atoms with E-state index in [9.17, 15) is 0 Å². The van der Waals surface area contributed by atoms with Crippen molar-refractivity contribution >= 4 is 0 Å². The van der Waals surface area contributed by atoms with Crippen molar-refractivity contribution in [2.45, 2.75) is 13.5 Å². The highest BCUT2D eigenvalue weighted by molar-refractivity contribution is 5.37. The van der Waals surface area contributed by atoms with Gasteiger partial charge in [0.05, 0.1) is 0 Å². The Morgan fingerprint density at radius 3 is 3.25 bits per heavy atom. The summed E-state index contributed by atoms with van der Waals surface area (Å²) in [4.78, 5) is 0. The summed E-state index contributed by atoms with van der Waals surface area (Å²) in [7, 11) is 0. The smallest absolute Gasteiger partial charge is 0.123 e. The summed E-state index contributed by atoms with van der Waals surface area (Å²) in [5, 5.41) is 3.31. The molecule has 0 atom stereocenters. The van der Waals surface area contributed by atoms with E-state index in [-0.39, 0.29) is 0 Å². The lowest BCUT2D eigenvalue weighted by Gasteiger charge is -2.06. The van der Waals surface area contributed by atoms with Crippen LogP contribution in [0.3, 0.4) is 0 Å². The predicted octanol–water partition coefficient (Wildman–Crippen LogP) is 1.48. The Bertz CT molecular complexity index is 283. The van der Waals surface area contributed by atoms with Gasteiger partial charge in [0.2, 0.25) is 0 Å². The number of nitrogens with one attached hydrogen (secondary N) is 1. The monoisotopic (exact) mass is 163 g/mol. The highest BCUT2D eigenvalue weighted by atomic mass is 16.5. The summed E-state index contributed by atoms with van der Waals surface area (Å²) < 4.78 is 5.54. The quantitative estimate of drug-likeness (QED) is 0.625. The molecule has 0 saturated carbocycles. The molecule has 0 radical (unpaired) electrons. The third-order valence-electron chi connectivity index (χ3n) is 2.07. The maximum absolute atomic E-state index is 5.54. The zero-order chi connectivity index (χ0) is 8.39. The first-order chi connectivity index (χ1) is 5.86. The van der Waals surface area contributed by atoms with Crippen molar-refractivity contribution in [3.05, 3.63) is 29.3 Å². The van der Waals surface area contributed by atoms with Gasteiger partial charge in [-0.15, -0.1) is 0 Å². The summed E-state index contributed by atoms with van der Waals surface area (Å²) >= 11 is 0. The summed E-state index contributed by atoms with van der Waals surface area (Å²) in [5.74, 6) is 1.03. The molecular formula is C10H13NO. The fourth-order valence-corrected chi connectivity index (χ4v) is 1.44. The number of aryl methyl sites for hydroxylation is 1. The van der Waals surface area contributed by atoms with E-state index in [2.05, 4.69) is 30.4 Å². The first kappa shape index (κ1) is 7.62. The highest BCUT2D eigenvalue weighted by Crippen LogP contribution is 2.20. The minimum atomic E-state index is 0.774. The van der Waals surface area contributed by atoms with Gasteiger partial charge in [-0.25, -0.2) is 0 Å². The Kier molecular flexibility index (Phi) is 2.00. The van der Waals surface area contributed by atoms with Gasteiger partial charge in [0.15, 0.2) is 0 Å². The molecule has 0 bridgehead atoms. The number of fused-ring (bicyclic) bond motifs is 1. The molecule has 1 heterocycles. The van der Waals surface area contributed by atoms with Crippen LogP contribution in [0.15, 0.2) is 18.2 Å². The Morgan fingerprint density at radius 1 is 1.42 bits per heavy atom. The summed E-state index contributed by atoms with van der Waals surface area (Å²) in [6, 6.07) is 6.31. The molecule has 2 rings (SSSR count). The molecule has 0 aliphatic carbocycles. The molecule has 2 heteroatoms. The van der Waals surface area contributed by atoms with E-state index in [0.29, 0.717) is 0 Å². The van der Waals surface area contributed by atoms with Gasteiger partial charge < -0.3 is 10.1 Å². The number of hydrogen-bond donors (Lipinski definition) is 1. The Balaban J connectivity index is 2.36. The third-order valence-corrected chi connectivity index (χ3v) is 2.07. The van der Waals surface area contributed by atoms with Crippen molar-refractivity contribution in [1.29, 1.82) is 0 Å². The molecule has 12 heavy (non-hydrogen) atoms. The van der Waals surface area contributed by atoms with Gasteiger partial charge in [-0.05, 0) is 13.0 Å². The van der Waals surface area contributed by atoms with Crippen molar-refractivity contribution in [2.75, 3.05) is 13.2 Å². The largest absolute Gasteiger partial charge is 0.492 e. The second-order valence-electron chi connectivity index (χ2n) is 3.14. The first-order valence-corrected chi connectivity index (χ1v) is 4.29. The molecular weight excluding hydrogens is 150 g/mol. The van der Waals surface area contributed by atoms with Crippen LogP contribution in [0.5, 0.6) is 5.75 Å². The van der Waals surface area contributed by atoms with Crippen LogP contribution in [0.1, 0.15) is 11.1 Å². The Labute approximate surface area is 72.5 Å². The van der Waals surface area contributed by atoms with Gasteiger partial charge in [-0.2, -0.15) is 0 Å². The van der Waals surface area contributed by atoms with Crippen LogP contribution in [-0.4, -0.2) is 13.2 Å². The standard InChI is InChI=1S/C10H13NO/c1-8-2-3-10-9(6-8)7-11-4-5-12-10/h2-3,6,11H,4-5,7H2,1H3. The summed E-state index contributed by atoms with van der Waals surface area (Å²) in [5.41, 5.74) is 2.56. The maximum Gasteiger partial charge on any atom is 0.123 e. The van der Waals surface area contributed by atoms with Crippen LogP contribution in [0.2, 0.25) is 0 Å². The lowest BCUT2D eigenvalue weighted by atomic mass is 10.1. The Hall–Kier alpha value is -1.02. The average Bonchev–Trinajstić information content (AvgIpc) is 2.28. The van der Waals surface area contributed by atoms with Crippen molar-refractivity contribution in [1.82, 2.24) is 5.32 Å². The highest BCUT2D eigenvalue weighted by Gasteiger charge is 2.06. The fraction of sp³-hybridized carbons (Fsp3) is 0.400. The van der Waals surface area contributed by atoms with Crippen LogP contribution in [0.25, 0.3) is 0 Å². The molecule has 1 aliphatic heterocycles. The SMILES string of the molecule is Cc1ccc2c(c1)CNCCO2. The topological polar surface area (TPSA) is 21.3 Å². The molecule has 0 amide bonds. The van der Waals surface area contributed by atoms with E-state index < -0.39 is 0 Å². The predicted molar refractivity (Wildman–Crippen MR) is 48.4 cm³/mol. The molecule has 1 aromatic carbocycles. The number of hydrogen-bond acceptors (Lipinski definition) is 2. The van der Waals surface area contributed by atoms with Gasteiger partial charge in [0.1, 0.15) is 12.4 Å². The molecule has 0 aromatic heterocycles. The van der Waals surface area contributed by atoms with Crippen LogP contribution in [0, 0.1) is 6.92 Å². The van der Waals surface area contributed by atoms with Crippen molar-refractivity contribution in [2.24, 2.45) is 0 Å². The molecule has 0 unspecified atom stereocenters. The van der Waals surface area contributed by atoms with Gasteiger partial charge in [-0.1, -0.05) is 17.7 Å². The van der Waals surface area contributed by atoms with E-state index in [1.165, 1.54) is 11.1 Å². The van der Waals surface area contributed by atoms with Gasteiger partial charge in [-0.3, -0.25) is 0 Å². The molecule has 2 nitrogen and oxygen atoms in total. The second-order valence-corrected chi connectivity index (χ2v) is 3.14. The van der Waals surface area contributed by atoms with Crippen LogP contribution in [0.4, 0.5) is 0 Å². The van der Waals surface area contributed by atoms with E-state index in [1.807, 2.05) is 0 Å². The van der Waals surface area contributed by atoms with Gasteiger partial charge in [0.25, 0.3) is 0 Å². The number of benzene rings is 1. The summed E-state index contributed by atoms with van der Waals surface area (Å²) in [6.07, 6.45) is 0. The van der Waals surface area contributed by atoms with E-state index >= 15 is 0 Å². The molecule has 0 spiro atoms. The molecule has 0 saturated heterocycles. The van der Waals surface area contributed by atoms with E-state index in [4.69, 9.17) is 4.74 Å². The average molecular weight is 163 g/mol. The second kappa shape index (κ2) is 3.15. The van der Waals surface area contributed by atoms with E-state index in [1.54, 1.807) is 0 Å². The summed E-state index contributed by atoms with van der Waals surface area (Å²) in [6.45, 7) is 4.74. The molecule has 1 N–H and O–H groups in total. The zero-order valence-corrected chi connectivity index (χ0v) is 7.26. The minimum absolute atomic E-state index is 0.774. The zero-order valence-electron chi connectivity index (χ0n) is 7.26. The molecule has 64 valence electrons. The van der Waals surface area contributed by atoms with Crippen LogP contribution >= 0.6 is 0 Å². The van der Waals surface area contributed by atoms with Crippen molar-refractivity contribution < 1.29 is 4.74 Å². The van der Waals surface area contributed by atoms with Crippen LogP contribution in [-0.2, 0) is 6.54 Å². The number of rotatable bonds is 0. The van der Waals surface area contributed by atoms with Gasteiger partial charge in [0, 0.05) is 18.7 Å². The fourth-order valence-electron chi connectivity index (χ4n) is 1.44.